The largest absolute Gasteiger partial charge is 0.508 e. The molecule has 1 aromatic rings. The molecule has 0 atom stereocenters. The fraction of sp³-hybridized carbons (Fsp3) is 0.167. The third-order valence-corrected chi connectivity index (χ3v) is 1.95. The van der Waals surface area contributed by atoms with Crippen molar-refractivity contribution in [3.63, 3.8) is 0 Å². The van der Waals surface area contributed by atoms with Gasteiger partial charge in [-0.15, -0.1) is 0 Å². The fourth-order valence-electron chi connectivity index (χ4n) is 1.31. The molecule has 1 nitrogen and oxygen atoms in total. The lowest BCUT2D eigenvalue weighted by Gasteiger charge is -2.04. The van der Waals surface area contributed by atoms with Crippen LogP contribution in [0, 0.1) is 0 Å². The summed E-state index contributed by atoms with van der Waals surface area (Å²) in [4.78, 5) is 0. The molecule has 1 heteroatoms. The Labute approximate surface area is 79.0 Å². The first-order valence-electron chi connectivity index (χ1n) is 4.39. The zero-order chi connectivity index (χ0) is 9.68. The second-order valence-corrected chi connectivity index (χ2v) is 2.79. The molecule has 1 N–H and O–H groups in total. The van der Waals surface area contributed by atoms with Crippen molar-refractivity contribution in [2.24, 2.45) is 0 Å². The van der Waals surface area contributed by atoms with E-state index in [1.54, 1.807) is 12.1 Å². The molecule has 0 radical (unpaired) electrons. The molecule has 0 fully saturated rings. The van der Waals surface area contributed by atoms with Crippen molar-refractivity contribution in [3.05, 3.63) is 48.1 Å². The van der Waals surface area contributed by atoms with Gasteiger partial charge in [-0.25, -0.2) is 0 Å². The van der Waals surface area contributed by atoms with Crippen molar-refractivity contribution in [1.29, 1.82) is 0 Å². The number of hydrogen-bond donors (Lipinski definition) is 1. The van der Waals surface area contributed by atoms with E-state index in [0.29, 0.717) is 5.75 Å². The molecule has 0 heterocycles. The van der Waals surface area contributed by atoms with Crippen molar-refractivity contribution < 1.29 is 5.11 Å². The van der Waals surface area contributed by atoms with Gasteiger partial charge in [0.15, 0.2) is 0 Å². The highest BCUT2D eigenvalue weighted by atomic mass is 16.3. The van der Waals surface area contributed by atoms with Gasteiger partial charge in [0, 0.05) is 5.56 Å². The van der Waals surface area contributed by atoms with Gasteiger partial charge in [-0.05, 0) is 18.1 Å². The first-order chi connectivity index (χ1) is 6.29. The van der Waals surface area contributed by atoms with E-state index in [1.807, 2.05) is 31.2 Å². The Bertz CT molecular complexity index is 324. The Morgan fingerprint density at radius 2 is 2.23 bits per heavy atom. The second-order valence-electron chi connectivity index (χ2n) is 2.79. The predicted molar refractivity (Wildman–Crippen MR) is 56.7 cm³/mol. The quantitative estimate of drug-likeness (QED) is 0.698. The van der Waals surface area contributed by atoms with Crippen LogP contribution in [0.2, 0.25) is 0 Å². The predicted octanol–water partition coefficient (Wildman–Crippen LogP) is 3.15. The Hall–Kier alpha value is -1.50. The van der Waals surface area contributed by atoms with Crippen molar-refractivity contribution in [3.8, 4) is 5.75 Å². The van der Waals surface area contributed by atoms with Crippen molar-refractivity contribution in [2.45, 2.75) is 13.3 Å². The summed E-state index contributed by atoms with van der Waals surface area (Å²) in [7, 11) is 0. The van der Waals surface area contributed by atoms with Gasteiger partial charge in [-0.2, -0.15) is 0 Å². The van der Waals surface area contributed by atoms with Crippen LogP contribution >= 0.6 is 0 Å². The lowest BCUT2D eigenvalue weighted by Crippen LogP contribution is -1.86. The molecule has 0 aliphatic rings. The third-order valence-electron chi connectivity index (χ3n) is 1.95. The SMILES string of the molecule is C=C/C=C\c1cccc(O)c1CC. The summed E-state index contributed by atoms with van der Waals surface area (Å²) in [5, 5.41) is 9.53. The molecular weight excluding hydrogens is 160 g/mol. The molecule has 13 heavy (non-hydrogen) atoms. The maximum atomic E-state index is 9.53. The minimum Gasteiger partial charge on any atom is -0.508 e. The Morgan fingerprint density at radius 1 is 1.46 bits per heavy atom. The Balaban J connectivity index is 3.12. The summed E-state index contributed by atoms with van der Waals surface area (Å²) in [6, 6.07) is 5.54. The van der Waals surface area contributed by atoms with Crippen LogP contribution in [0.15, 0.2) is 36.9 Å². The third kappa shape index (κ3) is 2.22. The van der Waals surface area contributed by atoms with E-state index < -0.39 is 0 Å². The van der Waals surface area contributed by atoms with Gasteiger partial charge in [0.2, 0.25) is 0 Å². The van der Waals surface area contributed by atoms with Crippen molar-refractivity contribution in [1.82, 2.24) is 0 Å². The lowest BCUT2D eigenvalue weighted by atomic mass is 10.0. The molecule has 0 aliphatic heterocycles. The monoisotopic (exact) mass is 174 g/mol. The highest BCUT2D eigenvalue weighted by Gasteiger charge is 2.01. The summed E-state index contributed by atoms with van der Waals surface area (Å²) >= 11 is 0. The van der Waals surface area contributed by atoms with E-state index in [1.165, 1.54) is 0 Å². The fourth-order valence-corrected chi connectivity index (χ4v) is 1.31. The van der Waals surface area contributed by atoms with Gasteiger partial charge >= 0.3 is 0 Å². The smallest absolute Gasteiger partial charge is 0.119 e. The summed E-state index contributed by atoms with van der Waals surface area (Å²) in [6.45, 7) is 5.63. The van der Waals surface area contributed by atoms with E-state index in [-0.39, 0.29) is 0 Å². The van der Waals surface area contributed by atoms with E-state index >= 15 is 0 Å². The van der Waals surface area contributed by atoms with E-state index in [0.717, 1.165) is 17.5 Å². The zero-order valence-electron chi connectivity index (χ0n) is 7.83. The van der Waals surface area contributed by atoms with Crippen LogP contribution < -0.4 is 0 Å². The maximum Gasteiger partial charge on any atom is 0.119 e. The molecule has 0 aromatic heterocycles. The van der Waals surface area contributed by atoms with Crippen LogP contribution in [0.5, 0.6) is 5.75 Å². The van der Waals surface area contributed by atoms with Crippen LogP contribution in [0.3, 0.4) is 0 Å². The number of allylic oxidation sites excluding steroid dienone is 2. The molecule has 0 amide bonds. The minimum atomic E-state index is 0.369. The van der Waals surface area contributed by atoms with Crippen LogP contribution in [0.1, 0.15) is 18.1 Å². The van der Waals surface area contributed by atoms with Gasteiger partial charge in [0.05, 0.1) is 0 Å². The molecular formula is C12H14O. The van der Waals surface area contributed by atoms with Gasteiger partial charge < -0.3 is 5.11 Å². The van der Waals surface area contributed by atoms with Gasteiger partial charge in [0.25, 0.3) is 0 Å². The normalized spacial score (nSPS) is 10.5. The standard InChI is InChI=1S/C12H14O/c1-3-5-7-10-8-6-9-12(13)11(10)4-2/h3,5-9,13H,1,4H2,2H3/b7-5-. The van der Waals surface area contributed by atoms with E-state index in [9.17, 15) is 5.11 Å². The molecule has 0 aliphatic carbocycles. The summed E-state index contributed by atoms with van der Waals surface area (Å²) in [5.74, 6) is 0.369. The number of hydrogen-bond acceptors (Lipinski definition) is 1. The molecule has 0 saturated carbocycles. The number of aromatic hydroxyl groups is 1. The summed E-state index contributed by atoms with van der Waals surface area (Å²) < 4.78 is 0. The van der Waals surface area contributed by atoms with Gasteiger partial charge in [-0.1, -0.05) is 43.9 Å². The van der Waals surface area contributed by atoms with Crippen LogP contribution in [-0.4, -0.2) is 5.11 Å². The Morgan fingerprint density at radius 3 is 2.85 bits per heavy atom. The zero-order valence-corrected chi connectivity index (χ0v) is 7.83. The molecule has 0 spiro atoms. The van der Waals surface area contributed by atoms with Gasteiger partial charge in [0.1, 0.15) is 5.75 Å². The highest BCUT2D eigenvalue weighted by Crippen LogP contribution is 2.22. The summed E-state index contributed by atoms with van der Waals surface area (Å²) in [5.41, 5.74) is 2.04. The number of rotatable bonds is 3. The summed E-state index contributed by atoms with van der Waals surface area (Å²) in [6.07, 6.45) is 6.38. The van der Waals surface area contributed by atoms with Gasteiger partial charge in [-0.3, -0.25) is 0 Å². The maximum absolute atomic E-state index is 9.53. The van der Waals surface area contributed by atoms with Crippen LogP contribution in [-0.2, 0) is 6.42 Å². The van der Waals surface area contributed by atoms with E-state index in [4.69, 9.17) is 0 Å². The van der Waals surface area contributed by atoms with Crippen LogP contribution in [0.25, 0.3) is 6.08 Å². The average Bonchev–Trinajstić information content (AvgIpc) is 2.15. The average molecular weight is 174 g/mol. The van der Waals surface area contributed by atoms with E-state index in [2.05, 4.69) is 6.58 Å². The number of phenolic OH excluding ortho intramolecular Hbond substituents is 1. The van der Waals surface area contributed by atoms with Crippen molar-refractivity contribution >= 4 is 6.08 Å². The molecule has 0 bridgehead atoms. The molecule has 1 aromatic carbocycles. The first kappa shape index (κ1) is 9.59. The molecule has 68 valence electrons. The molecule has 1 rings (SSSR count). The van der Waals surface area contributed by atoms with Crippen LogP contribution in [0.4, 0.5) is 0 Å². The lowest BCUT2D eigenvalue weighted by molar-refractivity contribution is 0.468. The number of phenols is 1. The topological polar surface area (TPSA) is 20.2 Å². The Kier molecular flexibility index (Phi) is 3.32. The minimum absolute atomic E-state index is 0.369. The van der Waals surface area contributed by atoms with Crippen molar-refractivity contribution in [2.75, 3.05) is 0 Å². The highest BCUT2D eigenvalue weighted by molar-refractivity contribution is 5.58. The molecule has 0 saturated heterocycles. The number of benzene rings is 1. The first-order valence-corrected chi connectivity index (χ1v) is 4.39. The molecule has 0 unspecified atom stereocenters. The second kappa shape index (κ2) is 4.51.